The number of ether oxygens (including phenoxy) is 1. The lowest BCUT2D eigenvalue weighted by molar-refractivity contribution is 0.340. The maximum absolute atomic E-state index is 5.49. The predicted octanol–water partition coefficient (Wildman–Crippen LogP) is 4.90. The Morgan fingerprint density at radius 1 is 1.19 bits per heavy atom. The molecule has 0 spiro atoms. The molecule has 0 saturated carbocycles. The van der Waals surface area contributed by atoms with Crippen molar-refractivity contribution in [3.63, 3.8) is 0 Å². The molecule has 0 heterocycles. The Hall–Kier alpha value is -0.970. The fourth-order valence-electron chi connectivity index (χ4n) is 2.05. The molecule has 0 aliphatic carbocycles. The van der Waals surface area contributed by atoms with Gasteiger partial charge >= 0.3 is 0 Å². The molecule has 2 aromatic rings. The lowest BCUT2D eigenvalue weighted by atomic mass is 10.1. The van der Waals surface area contributed by atoms with Crippen molar-refractivity contribution in [3.8, 4) is 5.75 Å². The molecule has 2 aromatic carbocycles. The molecular weight excluding hydrogens is 346 g/mol. The number of hydrogen-bond acceptors (Lipinski definition) is 3. The van der Waals surface area contributed by atoms with Crippen LogP contribution < -0.4 is 10.1 Å². The van der Waals surface area contributed by atoms with Gasteiger partial charge in [-0.1, -0.05) is 34.1 Å². The monoisotopic (exact) mass is 365 g/mol. The summed E-state index contributed by atoms with van der Waals surface area (Å²) in [6, 6.07) is 17.1. The zero-order chi connectivity index (χ0) is 15.1. The van der Waals surface area contributed by atoms with Gasteiger partial charge in [-0.2, -0.15) is 0 Å². The summed E-state index contributed by atoms with van der Waals surface area (Å²) in [4.78, 5) is 1.27. The third-order valence-corrected chi connectivity index (χ3v) is 4.74. The van der Waals surface area contributed by atoms with Crippen molar-refractivity contribution in [2.75, 3.05) is 19.4 Å². The van der Waals surface area contributed by atoms with Gasteiger partial charge in [-0.25, -0.2) is 0 Å². The summed E-state index contributed by atoms with van der Waals surface area (Å²) >= 11 is 5.36. The lowest BCUT2D eigenvalue weighted by Crippen LogP contribution is -2.18. The molecular formula is C17H20BrNOS. The van der Waals surface area contributed by atoms with Gasteiger partial charge in [0.1, 0.15) is 5.75 Å². The molecule has 21 heavy (non-hydrogen) atoms. The Morgan fingerprint density at radius 3 is 2.57 bits per heavy atom. The highest BCUT2D eigenvalue weighted by Gasteiger charge is 2.10. The second-order valence-corrected chi connectivity index (χ2v) is 6.62. The fraction of sp³-hybridized carbons (Fsp3) is 0.294. The molecule has 2 nitrogen and oxygen atoms in total. The minimum Gasteiger partial charge on any atom is -0.494 e. The van der Waals surface area contributed by atoms with Gasteiger partial charge in [0.25, 0.3) is 0 Å². The predicted molar refractivity (Wildman–Crippen MR) is 94.3 cm³/mol. The second kappa shape index (κ2) is 8.47. The standard InChI is InChI=1S/C17H20BrNOS/c1-3-20-15-9-7-13(8-10-15)17(19-2)12-21-16-6-4-5-14(18)11-16/h4-11,17,19H,3,12H2,1-2H3. The van der Waals surface area contributed by atoms with Crippen molar-refractivity contribution < 1.29 is 4.74 Å². The van der Waals surface area contributed by atoms with Crippen LogP contribution in [0.4, 0.5) is 0 Å². The number of benzene rings is 2. The van der Waals surface area contributed by atoms with Crippen LogP contribution in [0, 0.1) is 0 Å². The topological polar surface area (TPSA) is 21.3 Å². The summed E-state index contributed by atoms with van der Waals surface area (Å²) in [7, 11) is 2.00. The van der Waals surface area contributed by atoms with E-state index in [-0.39, 0.29) is 0 Å². The van der Waals surface area contributed by atoms with Crippen LogP contribution in [-0.2, 0) is 0 Å². The van der Waals surface area contributed by atoms with Crippen LogP contribution in [0.2, 0.25) is 0 Å². The van der Waals surface area contributed by atoms with E-state index in [2.05, 4.69) is 51.6 Å². The van der Waals surface area contributed by atoms with E-state index in [1.165, 1.54) is 10.5 Å². The molecule has 0 fully saturated rings. The van der Waals surface area contributed by atoms with E-state index in [1.54, 1.807) is 0 Å². The van der Waals surface area contributed by atoms with Crippen molar-refractivity contribution in [1.82, 2.24) is 5.32 Å². The quantitative estimate of drug-likeness (QED) is 0.705. The van der Waals surface area contributed by atoms with E-state index in [0.29, 0.717) is 12.6 Å². The average molecular weight is 366 g/mol. The van der Waals surface area contributed by atoms with Gasteiger partial charge in [-0.3, -0.25) is 0 Å². The summed E-state index contributed by atoms with van der Waals surface area (Å²) in [6.07, 6.45) is 0. The molecule has 0 aliphatic rings. The third-order valence-electron chi connectivity index (χ3n) is 3.15. The van der Waals surface area contributed by atoms with Gasteiger partial charge in [0, 0.05) is 21.2 Å². The maximum Gasteiger partial charge on any atom is 0.119 e. The summed E-state index contributed by atoms with van der Waals surface area (Å²) in [5.41, 5.74) is 1.28. The molecule has 0 saturated heterocycles. The molecule has 1 N–H and O–H groups in total. The molecule has 4 heteroatoms. The Bertz CT molecular complexity index is 559. The first-order chi connectivity index (χ1) is 10.2. The van der Waals surface area contributed by atoms with E-state index < -0.39 is 0 Å². The summed E-state index contributed by atoms with van der Waals surface area (Å²) in [5.74, 6) is 1.91. The number of halogens is 1. The van der Waals surface area contributed by atoms with Gasteiger partial charge in [-0.05, 0) is 49.9 Å². The summed E-state index contributed by atoms with van der Waals surface area (Å²) in [6.45, 7) is 2.70. The van der Waals surface area contributed by atoms with Crippen molar-refractivity contribution in [1.29, 1.82) is 0 Å². The van der Waals surface area contributed by atoms with Crippen molar-refractivity contribution >= 4 is 27.7 Å². The maximum atomic E-state index is 5.49. The minimum atomic E-state index is 0.324. The van der Waals surface area contributed by atoms with E-state index in [4.69, 9.17) is 4.74 Å². The van der Waals surface area contributed by atoms with Crippen LogP contribution in [0.1, 0.15) is 18.5 Å². The van der Waals surface area contributed by atoms with Crippen molar-refractivity contribution in [2.45, 2.75) is 17.9 Å². The number of thioether (sulfide) groups is 1. The lowest BCUT2D eigenvalue weighted by Gasteiger charge is -2.17. The zero-order valence-electron chi connectivity index (χ0n) is 12.3. The van der Waals surface area contributed by atoms with E-state index in [9.17, 15) is 0 Å². The molecule has 0 radical (unpaired) electrons. The molecule has 2 rings (SSSR count). The third kappa shape index (κ3) is 5.06. The van der Waals surface area contributed by atoms with E-state index in [1.807, 2.05) is 43.9 Å². The molecule has 0 aromatic heterocycles. The van der Waals surface area contributed by atoms with Crippen LogP contribution in [-0.4, -0.2) is 19.4 Å². The van der Waals surface area contributed by atoms with Crippen LogP contribution in [0.25, 0.3) is 0 Å². The van der Waals surface area contributed by atoms with Crippen LogP contribution in [0.15, 0.2) is 57.9 Å². The van der Waals surface area contributed by atoms with Gasteiger partial charge in [0.05, 0.1) is 6.61 Å². The van der Waals surface area contributed by atoms with Crippen molar-refractivity contribution in [2.24, 2.45) is 0 Å². The SMILES string of the molecule is CCOc1ccc(C(CSc2cccc(Br)c2)NC)cc1. The van der Waals surface area contributed by atoms with E-state index >= 15 is 0 Å². The first kappa shape index (κ1) is 16.4. The second-order valence-electron chi connectivity index (χ2n) is 4.61. The summed E-state index contributed by atoms with van der Waals surface area (Å²) < 4.78 is 6.61. The van der Waals surface area contributed by atoms with Gasteiger partial charge < -0.3 is 10.1 Å². The molecule has 0 aliphatic heterocycles. The highest BCUT2D eigenvalue weighted by atomic mass is 79.9. The van der Waals surface area contributed by atoms with Crippen molar-refractivity contribution in [3.05, 3.63) is 58.6 Å². The number of hydrogen-bond donors (Lipinski definition) is 1. The minimum absolute atomic E-state index is 0.324. The van der Waals surface area contributed by atoms with Gasteiger partial charge in [0.15, 0.2) is 0 Å². The Kier molecular flexibility index (Phi) is 6.61. The van der Waals surface area contributed by atoms with Gasteiger partial charge in [0.2, 0.25) is 0 Å². The molecule has 1 unspecified atom stereocenters. The normalized spacial score (nSPS) is 12.1. The number of rotatable bonds is 7. The first-order valence-corrected chi connectivity index (χ1v) is 8.79. The molecule has 0 amide bonds. The Balaban J connectivity index is 1.99. The number of nitrogens with one attached hydrogen (secondary N) is 1. The smallest absolute Gasteiger partial charge is 0.119 e. The van der Waals surface area contributed by atoms with Gasteiger partial charge in [-0.15, -0.1) is 11.8 Å². The molecule has 112 valence electrons. The van der Waals surface area contributed by atoms with E-state index in [0.717, 1.165) is 16.0 Å². The average Bonchev–Trinajstić information content (AvgIpc) is 2.50. The van der Waals surface area contributed by atoms with Crippen LogP contribution in [0.3, 0.4) is 0 Å². The highest BCUT2D eigenvalue weighted by Crippen LogP contribution is 2.27. The highest BCUT2D eigenvalue weighted by molar-refractivity contribution is 9.10. The Labute approximate surface area is 139 Å². The molecule has 0 bridgehead atoms. The molecule has 1 atom stereocenters. The summed E-state index contributed by atoms with van der Waals surface area (Å²) in [5, 5.41) is 3.38. The van der Waals surface area contributed by atoms with Crippen LogP contribution >= 0.6 is 27.7 Å². The fourth-order valence-corrected chi connectivity index (χ4v) is 3.70. The largest absolute Gasteiger partial charge is 0.494 e. The van der Waals surface area contributed by atoms with Crippen LogP contribution in [0.5, 0.6) is 5.75 Å². The zero-order valence-corrected chi connectivity index (χ0v) is 14.7. The Morgan fingerprint density at radius 2 is 1.95 bits per heavy atom. The first-order valence-electron chi connectivity index (χ1n) is 7.01.